The first-order chi connectivity index (χ1) is 14.9. The van der Waals surface area contributed by atoms with Crippen LogP contribution in [-0.4, -0.2) is 44.4 Å². The number of methoxy groups -OCH3 is 1. The van der Waals surface area contributed by atoms with E-state index in [0.717, 1.165) is 28.3 Å². The van der Waals surface area contributed by atoms with Crippen molar-refractivity contribution in [1.82, 2.24) is 19.6 Å². The molecule has 0 radical (unpaired) electrons. The van der Waals surface area contributed by atoms with Crippen LogP contribution < -0.4 is 10.1 Å². The van der Waals surface area contributed by atoms with Gasteiger partial charge in [0.15, 0.2) is 0 Å². The van der Waals surface area contributed by atoms with Crippen molar-refractivity contribution in [2.24, 2.45) is 5.16 Å². The number of oxime groups is 1. The van der Waals surface area contributed by atoms with Crippen LogP contribution in [0.15, 0.2) is 35.5 Å². The lowest BCUT2D eigenvalue weighted by molar-refractivity contribution is -0.125. The zero-order valence-electron chi connectivity index (χ0n) is 18.3. The second kappa shape index (κ2) is 8.25. The summed E-state index contributed by atoms with van der Waals surface area (Å²) in [6.45, 7) is 8.23. The third-order valence-electron chi connectivity index (χ3n) is 5.38. The Labute approximate surface area is 180 Å². The fraction of sp³-hybridized carbons (Fsp3) is 0.364. The molecule has 3 aromatic rings. The summed E-state index contributed by atoms with van der Waals surface area (Å²) in [6.07, 6.45) is -0.345. The number of carbonyl (C=O) groups excluding carboxylic acids is 1. The molecule has 0 aliphatic carbocycles. The summed E-state index contributed by atoms with van der Waals surface area (Å²) < 4.78 is 9.10. The first-order valence-corrected chi connectivity index (χ1v) is 10.1. The van der Waals surface area contributed by atoms with Gasteiger partial charge in [0.1, 0.15) is 12.4 Å². The third-order valence-corrected chi connectivity index (χ3v) is 5.38. The second-order valence-corrected chi connectivity index (χ2v) is 7.64. The zero-order chi connectivity index (χ0) is 22.1. The lowest BCUT2D eigenvalue weighted by Gasteiger charge is -2.11. The molecule has 9 heteroatoms. The summed E-state index contributed by atoms with van der Waals surface area (Å²) >= 11 is 0. The molecule has 3 heterocycles. The number of aromatic nitrogens is 4. The van der Waals surface area contributed by atoms with Gasteiger partial charge in [0, 0.05) is 17.7 Å². The highest BCUT2D eigenvalue weighted by Gasteiger charge is 2.31. The Kier molecular flexibility index (Phi) is 5.50. The number of hydrogen-bond acceptors (Lipinski definition) is 6. The van der Waals surface area contributed by atoms with Crippen molar-refractivity contribution in [1.29, 1.82) is 0 Å². The van der Waals surface area contributed by atoms with Gasteiger partial charge < -0.3 is 14.9 Å². The van der Waals surface area contributed by atoms with Crippen LogP contribution in [0.25, 0.3) is 0 Å². The predicted molar refractivity (Wildman–Crippen MR) is 116 cm³/mol. The molecule has 0 saturated heterocycles. The third kappa shape index (κ3) is 4.03. The Bertz CT molecular complexity index is 1160. The summed E-state index contributed by atoms with van der Waals surface area (Å²) in [5.41, 5.74) is 5.78. The van der Waals surface area contributed by atoms with Crippen LogP contribution in [0, 0.1) is 27.7 Å². The molecule has 0 spiro atoms. The molecule has 1 aliphatic heterocycles. The van der Waals surface area contributed by atoms with Crippen LogP contribution in [0.4, 0.5) is 5.69 Å². The van der Waals surface area contributed by atoms with Gasteiger partial charge in [-0.25, -0.2) is 9.36 Å². The monoisotopic (exact) mass is 422 g/mol. The van der Waals surface area contributed by atoms with E-state index in [1.165, 1.54) is 0 Å². The minimum Gasteiger partial charge on any atom is -0.496 e. The second-order valence-electron chi connectivity index (χ2n) is 7.64. The molecule has 9 nitrogen and oxygen atoms in total. The minimum atomic E-state index is -0.710. The lowest BCUT2D eigenvalue weighted by atomic mass is 10.0. The summed E-state index contributed by atoms with van der Waals surface area (Å²) in [6, 6.07) is 9.56. The van der Waals surface area contributed by atoms with Crippen LogP contribution in [0.1, 0.15) is 34.8 Å². The molecule has 2 aromatic heterocycles. The number of ether oxygens (including phenoxy) is 1. The van der Waals surface area contributed by atoms with Crippen molar-refractivity contribution in [3.05, 3.63) is 58.7 Å². The molecule has 1 aliphatic rings. The number of hydrogen-bond donors (Lipinski definition) is 1. The SMILES string of the molecule is COc1ccccc1C1=NOC(C(=O)Nc2c(C)nn(Cn3nc(C)cc3C)c2C)C1. The molecule has 0 bridgehead atoms. The Balaban J connectivity index is 1.46. The molecule has 1 unspecified atom stereocenters. The number of carbonyl (C=O) groups is 1. The Hall–Kier alpha value is -3.62. The smallest absolute Gasteiger partial charge is 0.268 e. The van der Waals surface area contributed by atoms with Gasteiger partial charge in [-0.15, -0.1) is 0 Å². The van der Waals surface area contributed by atoms with E-state index >= 15 is 0 Å². The maximum Gasteiger partial charge on any atom is 0.268 e. The summed E-state index contributed by atoms with van der Waals surface area (Å²) in [5, 5.41) is 16.1. The normalized spacial score (nSPS) is 15.5. The van der Waals surface area contributed by atoms with E-state index in [2.05, 4.69) is 20.7 Å². The maximum absolute atomic E-state index is 12.9. The van der Waals surface area contributed by atoms with Gasteiger partial charge in [0.2, 0.25) is 6.10 Å². The van der Waals surface area contributed by atoms with Gasteiger partial charge in [-0.05, 0) is 45.9 Å². The predicted octanol–water partition coefficient (Wildman–Crippen LogP) is 2.96. The van der Waals surface area contributed by atoms with Crippen LogP contribution in [-0.2, 0) is 16.3 Å². The van der Waals surface area contributed by atoms with E-state index in [1.807, 2.05) is 67.4 Å². The highest BCUT2D eigenvalue weighted by atomic mass is 16.6. The quantitative estimate of drug-likeness (QED) is 0.659. The lowest BCUT2D eigenvalue weighted by Crippen LogP contribution is -2.28. The van der Waals surface area contributed by atoms with Crippen LogP contribution in [0.2, 0.25) is 0 Å². The van der Waals surface area contributed by atoms with Crippen molar-refractivity contribution in [3.63, 3.8) is 0 Å². The van der Waals surface area contributed by atoms with Crippen molar-refractivity contribution in [3.8, 4) is 5.75 Å². The number of anilines is 1. The van der Waals surface area contributed by atoms with Crippen LogP contribution >= 0.6 is 0 Å². The number of amides is 1. The van der Waals surface area contributed by atoms with E-state index < -0.39 is 6.10 Å². The minimum absolute atomic E-state index is 0.259. The molecule has 0 fully saturated rings. The first kappa shape index (κ1) is 20.6. The molecular formula is C22H26N6O3. The van der Waals surface area contributed by atoms with Gasteiger partial charge in [0.05, 0.1) is 35.6 Å². The van der Waals surface area contributed by atoms with E-state index in [4.69, 9.17) is 9.57 Å². The molecule has 1 N–H and O–H groups in total. The van der Waals surface area contributed by atoms with Crippen molar-refractivity contribution < 1.29 is 14.4 Å². The number of para-hydroxylation sites is 1. The maximum atomic E-state index is 12.9. The van der Waals surface area contributed by atoms with E-state index in [0.29, 0.717) is 30.2 Å². The van der Waals surface area contributed by atoms with Gasteiger partial charge >= 0.3 is 0 Å². The standard InChI is InChI=1S/C22H26N6O3/c1-13-10-14(2)27(24-13)12-28-16(4)21(15(3)25-28)23-22(29)20-11-18(26-31-20)17-8-6-7-9-19(17)30-5/h6-10,20H,11-12H2,1-5H3,(H,23,29). The van der Waals surface area contributed by atoms with Gasteiger partial charge in [-0.1, -0.05) is 17.3 Å². The molecule has 162 valence electrons. The first-order valence-electron chi connectivity index (χ1n) is 10.1. The van der Waals surface area contributed by atoms with Crippen LogP contribution in [0.3, 0.4) is 0 Å². The number of nitrogens with one attached hydrogen (secondary N) is 1. The molecule has 0 saturated carbocycles. The molecule has 4 rings (SSSR count). The highest BCUT2D eigenvalue weighted by molar-refractivity contribution is 6.07. The molecule has 1 amide bonds. The highest BCUT2D eigenvalue weighted by Crippen LogP contribution is 2.26. The summed E-state index contributed by atoms with van der Waals surface area (Å²) in [5.74, 6) is 0.438. The number of rotatable bonds is 6. The van der Waals surface area contributed by atoms with Gasteiger partial charge in [-0.2, -0.15) is 10.2 Å². The fourth-order valence-corrected chi connectivity index (χ4v) is 3.72. The average Bonchev–Trinajstić information content (AvgIpc) is 3.43. The van der Waals surface area contributed by atoms with Crippen molar-refractivity contribution in [2.75, 3.05) is 12.4 Å². The Morgan fingerprint density at radius 3 is 2.68 bits per heavy atom. The molecule has 31 heavy (non-hydrogen) atoms. The topological polar surface area (TPSA) is 95.6 Å². The summed E-state index contributed by atoms with van der Waals surface area (Å²) in [4.78, 5) is 18.3. The van der Waals surface area contributed by atoms with E-state index in [-0.39, 0.29) is 5.91 Å². The Morgan fingerprint density at radius 2 is 1.97 bits per heavy atom. The largest absolute Gasteiger partial charge is 0.496 e. The molecule has 1 atom stereocenters. The van der Waals surface area contributed by atoms with Crippen LogP contribution in [0.5, 0.6) is 5.75 Å². The van der Waals surface area contributed by atoms with Gasteiger partial charge in [-0.3, -0.25) is 4.79 Å². The molecular weight excluding hydrogens is 396 g/mol. The van der Waals surface area contributed by atoms with Crippen molar-refractivity contribution in [2.45, 2.75) is 46.9 Å². The van der Waals surface area contributed by atoms with Crippen molar-refractivity contribution >= 4 is 17.3 Å². The number of benzene rings is 1. The fourth-order valence-electron chi connectivity index (χ4n) is 3.72. The number of aryl methyl sites for hydroxylation is 3. The summed E-state index contributed by atoms with van der Waals surface area (Å²) in [7, 11) is 1.61. The zero-order valence-corrected chi connectivity index (χ0v) is 18.3. The Morgan fingerprint density at radius 1 is 1.19 bits per heavy atom. The van der Waals surface area contributed by atoms with E-state index in [9.17, 15) is 4.79 Å². The van der Waals surface area contributed by atoms with E-state index in [1.54, 1.807) is 7.11 Å². The number of nitrogens with zero attached hydrogens (tertiary/aromatic N) is 5. The van der Waals surface area contributed by atoms with Gasteiger partial charge in [0.25, 0.3) is 5.91 Å². The average molecular weight is 422 g/mol. The molecule has 1 aromatic carbocycles.